The molecular formula is C11H15BrN2OS. The summed E-state index contributed by atoms with van der Waals surface area (Å²) >= 11 is 3.31. The summed E-state index contributed by atoms with van der Waals surface area (Å²) in [6.07, 6.45) is 1.70. The van der Waals surface area contributed by atoms with Gasteiger partial charge in [-0.25, -0.2) is 4.21 Å². The minimum Gasteiger partial charge on any atom is -0.254 e. The molecule has 1 aromatic heterocycles. The highest BCUT2D eigenvalue weighted by Gasteiger charge is 2.19. The Bertz CT molecular complexity index is 421. The maximum Gasteiger partial charge on any atom is 0.145 e. The monoisotopic (exact) mass is 302 g/mol. The lowest BCUT2D eigenvalue weighted by Gasteiger charge is -2.13. The van der Waals surface area contributed by atoms with Crippen LogP contribution in [0.15, 0.2) is 27.2 Å². The molecule has 0 aromatic carbocycles. The average molecular weight is 303 g/mol. The van der Waals surface area contributed by atoms with Crippen LogP contribution < -0.4 is 0 Å². The van der Waals surface area contributed by atoms with E-state index in [9.17, 15) is 4.21 Å². The second-order valence-electron chi connectivity index (χ2n) is 4.40. The lowest BCUT2D eigenvalue weighted by Crippen LogP contribution is -2.20. The fourth-order valence-corrected chi connectivity index (χ4v) is 1.75. The lowest BCUT2D eigenvalue weighted by molar-refractivity contribution is 0.650. The fourth-order valence-electron chi connectivity index (χ4n) is 0.898. The topological polar surface area (TPSA) is 42.3 Å². The zero-order chi connectivity index (χ0) is 12.3. The van der Waals surface area contributed by atoms with Crippen LogP contribution in [0.25, 0.3) is 0 Å². The van der Waals surface area contributed by atoms with E-state index in [0.29, 0.717) is 5.71 Å². The van der Waals surface area contributed by atoms with Gasteiger partial charge in [-0.1, -0.05) is 0 Å². The summed E-state index contributed by atoms with van der Waals surface area (Å²) < 4.78 is 16.5. The van der Waals surface area contributed by atoms with Gasteiger partial charge >= 0.3 is 0 Å². The van der Waals surface area contributed by atoms with E-state index >= 15 is 0 Å². The van der Waals surface area contributed by atoms with E-state index in [1.807, 2.05) is 39.8 Å². The molecule has 0 N–H and O–H groups in total. The number of rotatable bonds is 2. The number of nitrogens with zero attached hydrogens (tertiary/aromatic N) is 2. The van der Waals surface area contributed by atoms with Gasteiger partial charge in [-0.3, -0.25) is 4.98 Å². The normalized spacial score (nSPS) is 14.9. The molecule has 0 spiro atoms. The van der Waals surface area contributed by atoms with Gasteiger partial charge in [0.25, 0.3) is 0 Å². The summed E-state index contributed by atoms with van der Waals surface area (Å²) in [5, 5.41) is 0. The lowest BCUT2D eigenvalue weighted by atomic mass is 10.3. The number of pyridine rings is 1. The highest BCUT2D eigenvalue weighted by molar-refractivity contribution is 9.10. The van der Waals surface area contributed by atoms with Gasteiger partial charge < -0.3 is 0 Å². The van der Waals surface area contributed by atoms with Crippen molar-refractivity contribution in [3.05, 3.63) is 28.5 Å². The Kier molecular flexibility index (Phi) is 4.38. The second kappa shape index (κ2) is 5.19. The molecule has 1 unspecified atom stereocenters. The first kappa shape index (κ1) is 13.5. The highest BCUT2D eigenvalue weighted by atomic mass is 79.9. The summed E-state index contributed by atoms with van der Waals surface area (Å²) in [4.78, 5) is 4.20. The maximum absolute atomic E-state index is 11.8. The van der Waals surface area contributed by atoms with Crippen LogP contribution >= 0.6 is 15.9 Å². The zero-order valence-electron chi connectivity index (χ0n) is 9.82. The van der Waals surface area contributed by atoms with Crippen LogP contribution in [-0.4, -0.2) is 19.7 Å². The fraction of sp³-hybridized carbons (Fsp3) is 0.455. The first-order chi connectivity index (χ1) is 7.30. The zero-order valence-corrected chi connectivity index (χ0v) is 12.2. The molecule has 0 saturated carbocycles. The van der Waals surface area contributed by atoms with Crippen molar-refractivity contribution in [2.45, 2.75) is 32.4 Å². The minimum absolute atomic E-state index is 0.337. The van der Waals surface area contributed by atoms with Gasteiger partial charge in [-0.05, 0) is 55.8 Å². The van der Waals surface area contributed by atoms with E-state index in [4.69, 9.17) is 0 Å². The summed E-state index contributed by atoms with van der Waals surface area (Å²) in [6, 6.07) is 3.74. The predicted octanol–water partition coefficient (Wildman–Crippen LogP) is 3.12. The smallest absolute Gasteiger partial charge is 0.145 e. The molecule has 3 nitrogen and oxygen atoms in total. The molecule has 0 amide bonds. The summed E-state index contributed by atoms with van der Waals surface area (Å²) in [5.74, 6) is 0. The summed E-state index contributed by atoms with van der Waals surface area (Å²) in [7, 11) is -1.24. The summed E-state index contributed by atoms with van der Waals surface area (Å²) in [5.41, 5.74) is 1.45. The van der Waals surface area contributed by atoms with E-state index in [-0.39, 0.29) is 4.75 Å². The Morgan fingerprint density at radius 1 is 1.44 bits per heavy atom. The van der Waals surface area contributed by atoms with Crippen molar-refractivity contribution < 1.29 is 4.21 Å². The van der Waals surface area contributed by atoms with E-state index in [0.717, 1.165) is 10.2 Å². The van der Waals surface area contributed by atoms with Crippen LogP contribution in [0.1, 0.15) is 33.4 Å². The largest absolute Gasteiger partial charge is 0.254 e. The molecule has 0 fully saturated rings. The maximum atomic E-state index is 11.8. The van der Waals surface area contributed by atoms with Gasteiger partial charge in [0.2, 0.25) is 0 Å². The van der Waals surface area contributed by atoms with Crippen LogP contribution in [0.2, 0.25) is 0 Å². The molecule has 0 saturated heterocycles. The molecule has 0 aliphatic heterocycles. The van der Waals surface area contributed by atoms with Crippen LogP contribution in [-0.2, 0) is 11.0 Å². The SMILES string of the molecule is CC(=NS(=O)C(C)(C)C)c1ccc(Br)cn1. The minimum atomic E-state index is -1.24. The van der Waals surface area contributed by atoms with Gasteiger partial charge in [0.1, 0.15) is 11.0 Å². The van der Waals surface area contributed by atoms with E-state index in [1.165, 1.54) is 0 Å². The van der Waals surface area contributed by atoms with Gasteiger partial charge in [-0.2, -0.15) is 4.40 Å². The van der Waals surface area contributed by atoms with E-state index in [2.05, 4.69) is 25.3 Å². The first-order valence-electron chi connectivity index (χ1n) is 4.90. The summed E-state index contributed by atoms with van der Waals surface area (Å²) in [6.45, 7) is 7.51. The standard InChI is InChI=1S/C11H15BrN2OS/c1-8(14-16(15)11(2,3)4)10-6-5-9(12)7-13-10/h5-7H,1-4H3. The predicted molar refractivity (Wildman–Crippen MR) is 72.0 cm³/mol. The average Bonchev–Trinajstić information content (AvgIpc) is 2.17. The van der Waals surface area contributed by atoms with Crippen molar-refractivity contribution in [2.75, 3.05) is 0 Å². The van der Waals surface area contributed by atoms with Crippen LogP contribution in [0.5, 0.6) is 0 Å². The second-order valence-corrected chi connectivity index (χ2v) is 7.22. The molecule has 88 valence electrons. The molecule has 1 rings (SSSR count). The number of halogens is 1. The molecule has 1 aromatic rings. The van der Waals surface area contributed by atoms with E-state index < -0.39 is 11.0 Å². The quantitative estimate of drug-likeness (QED) is 0.788. The van der Waals surface area contributed by atoms with Gasteiger partial charge in [-0.15, -0.1) is 0 Å². The molecule has 1 atom stereocenters. The van der Waals surface area contributed by atoms with Crippen molar-refractivity contribution in [1.29, 1.82) is 0 Å². The van der Waals surface area contributed by atoms with Crippen LogP contribution in [0, 0.1) is 0 Å². The molecule has 16 heavy (non-hydrogen) atoms. The third kappa shape index (κ3) is 3.79. The van der Waals surface area contributed by atoms with Crippen molar-refractivity contribution in [3.8, 4) is 0 Å². The number of aromatic nitrogens is 1. The number of hydrogen-bond acceptors (Lipinski definition) is 2. The Hall–Kier alpha value is -0.550. The molecule has 0 aliphatic rings. The van der Waals surface area contributed by atoms with Crippen molar-refractivity contribution >= 4 is 32.6 Å². The third-order valence-electron chi connectivity index (χ3n) is 1.84. The molecule has 0 aliphatic carbocycles. The van der Waals surface area contributed by atoms with E-state index in [1.54, 1.807) is 6.20 Å². The molecule has 0 bridgehead atoms. The molecule has 5 heteroatoms. The molecular weight excluding hydrogens is 288 g/mol. The Labute approximate surface area is 107 Å². The number of hydrogen-bond donors (Lipinski definition) is 0. The van der Waals surface area contributed by atoms with Gasteiger partial charge in [0, 0.05) is 10.7 Å². The molecule has 0 radical (unpaired) electrons. The molecule has 1 heterocycles. The van der Waals surface area contributed by atoms with Crippen LogP contribution in [0.3, 0.4) is 0 Å². The van der Waals surface area contributed by atoms with Gasteiger partial charge in [0.15, 0.2) is 0 Å². The third-order valence-corrected chi connectivity index (χ3v) is 3.80. The van der Waals surface area contributed by atoms with Gasteiger partial charge in [0.05, 0.1) is 16.2 Å². The Morgan fingerprint density at radius 2 is 2.06 bits per heavy atom. The first-order valence-corrected chi connectivity index (χ1v) is 6.80. The Balaban J connectivity index is 2.94. The highest BCUT2D eigenvalue weighted by Crippen LogP contribution is 2.14. The Morgan fingerprint density at radius 3 is 2.50 bits per heavy atom. The van der Waals surface area contributed by atoms with Crippen molar-refractivity contribution in [2.24, 2.45) is 4.40 Å². The van der Waals surface area contributed by atoms with Crippen LogP contribution in [0.4, 0.5) is 0 Å². The van der Waals surface area contributed by atoms with Crippen molar-refractivity contribution in [1.82, 2.24) is 4.98 Å². The van der Waals surface area contributed by atoms with Crippen molar-refractivity contribution in [3.63, 3.8) is 0 Å².